The third kappa shape index (κ3) is 2.96. The summed E-state index contributed by atoms with van der Waals surface area (Å²) in [7, 11) is 0. The molecule has 17 heavy (non-hydrogen) atoms. The molecule has 1 saturated heterocycles. The molecule has 0 spiro atoms. The molecule has 0 aromatic carbocycles. The van der Waals surface area contributed by atoms with E-state index in [0.717, 1.165) is 17.2 Å². The molecule has 1 unspecified atom stereocenters. The minimum Gasteiger partial charge on any atom is -0.371 e. The summed E-state index contributed by atoms with van der Waals surface area (Å²) in [6, 6.07) is 2.58. The summed E-state index contributed by atoms with van der Waals surface area (Å²) < 4.78 is 4.22. The van der Waals surface area contributed by atoms with Crippen molar-refractivity contribution in [1.29, 1.82) is 5.26 Å². The topological polar surface area (TPSA) is 52.0 Å². The molecule has 0 aliphatic carbocycles. The van der Waals surface area contributed by atoms with Crippen LogP contribution in [0.15, 0.2) is 0 Å². The summed E-state index contributed by atoms with van der Waals surface area (Å²) in [5.74, 6) is 0. The Morgan fingerprint density at radius 2 is 2.24 bits per heavy atom. The fourth-order valence-electron chi connectivity index (χ4n) is 2.22. The van der Waals surface area contributed by atoms with Crippen LogP contribution in [-0.4, -0.2) is 34.9 Å². The summed E-state index contributed by atoms with van der Waals surface area (Å²) in [4.78, 5) is 2.47. The molecule has 1 aliphatic rings. The van der Waals surface area contributed by atoms with E-state index < -0.39 is 0 Å². The lowest BCUT2D eigenvalue weighted by Crippen LogP contribution is -2.32. The Morgan fingerprint density at radius 3 is 2.88 bits per heavy atom. The van der Waals surface area contributed by atoms with Crippen LogP contribution in [0.1, 0.15) is 31.0 Å². The minimum atomic E-state index is 0.361. The first-order chi connectivity index (χ1) is 8.20. The number of nitriles is 1. The van der Waals surface area contributed by atoms with Crippen molar-refractivity contribution in [3.63, 3.8) is 0 Å². The molecule has 0 saturated carbocycles. The van der Waals surface area contributed by atoms with Gasteiger partial charge in [0.2, 0.25) is 0 Å². The number of nitrogens with zero attached hydrogens (tertiary/aromatic N) is 3. The molecular weight excluding hydrogens is 232 g/mol. The van der Waals surface area contributed by atoms with E-state index in [0.29, 0.717) is 11.6 Å². The van der Waals surface area contributed by atoms with Crippen molar-refractivity contribution in [1.82, 2.24) is 9.27 Å². The number of aromatic nitrogens is 1. The Kier molecular flexibility index (Phi) is 3.97. The average Bonchev–Trinajstić information content (AvgIpc) is 2.89. The van der Waals surface area contributed by atoms with Crippen molar-refractivity contribution in [2.75, 3.05) is 25.0 Å². The maximum absolute atomic E-state index is 9.05. The first kappa shape index (κ1) is 12.3. The number of hydrogen-bond donors (Lipinski definition) is 1. The summed E-state index contributed by atoms with van der Waals surface area (Å²) in [5, 5.41) is 13.4. The van der Waals surface area contributed by atoms with Gasteiger partial charge >= 0.3 is 0 Å². The lowest BCUT2D eigenvalue weighted by atomic mass is 10.2. The smallest absolute Gasteiger partial charge is 0.127 e. The van der Waals surface area contributed by atoms with Gasteiger partial charge in [0.05, 0.1) is 5.69 Å². The van der Waals surface area contributed by atoms with Gasteiger partial charge in [-0.3, -0.25) is 0 Å². The molecule has 1 aromatic heterocycles. The van der Waals surface area contributed by atoms with Gasteiger partial charge in [-0.15, -0.1) is 0 Å². The number of anilines is 1. The lowest BCUT2D eigenvalue weighted by Gasteiger charge is -2.21. The minimum absolute atomic E-state index is 0.361. The highest BCUT2D eigenvalue weighted by molar-refractivity contribution is 7.10. The first-order valence-electron chi connectivity index (χ1n) is 6.06. The first-order valence-corrected chi connectivity index (χ1v) is 6.83. The second-order valence-corrected chi connectivity index (χ2v) is 5.41. The fourth-order valence-corrected chi connectivity index (χ4v) is 3.08. The molecular formula is C12H18N4S. The number of nitrogens with one attached hydrogen (secondary N) is 1. The Balaban J connectivity index is 1.93. The average molecular weight is 250 g/mol. The molecule has 1 aliphatic heterocycles. The Labute approximate surface area is 106 Å². The lowest BCUT2D eigenvalue weighted by molar-refractivity contribution is 0.328. The number of likely N-dealkylation sites (tertiary alicyclic amines) is 1. The van der Waals surface area contributed by atoms with Gasteiger partial charge in [0.15, 0.2) is 0 Å². The van der Waals surface area contributed by atoms with E-state index in [4.69, 9.17) is 5.26 Å². The van der Waals surface area contributed by atoms with E-state index >= 15 is 0 Å². The molecule has 1 atom stereocenters. The summed E-state index contributed by atoms with van der Waals surface area (Å²) in [6.07, 6.45) is 2.63. The predicted molar refractivity (Wildman–Crippen MR) is 70.3 cm³/mol. The molecule has 0 radical (unpaired) electrons. The summed E-state index contributed by atoms with van der Waals surface area (Å²) >= 11 is 1.38. The highest BCUT2D eigenvalue weighted by atomic mass is 32.1. The van der Waals surface area contributed by atoms with Crippen LogP contribution in [0.25, 0.3) is 0 Å². The van der Waals surface area contributed by atoms with Gasteiger partial charge in [0.1, 0.15) is 16.6 Å². The van der Waals surface area contributed by atoms with Gasteiger partial charge in [-0.1, -0.05) is 0 Å². The Morgan fingerprint density at radius 1 is 1.53 bits per heavy atom. The SMILES string of the molecule is Cc1nsc(NC(C)CN2CCCC2)c1C#N. The van der Waals surface area contributed by atoms with E-state index in [-0.39, 0.29) is 0 Å². The van der Waals surface area contributed by atoms with Crippen molar-refractivity contribution in [3.8, 4) is 6.07 Å². The second-order valence-electron chi connectivity index (χ2n) is 4.64. The van der Waals surface area contributed by atoms with Crippen molar-refractivity contribution in [2.45, 2.75) is 32.7 Å². The van der Waals surface area contributed by atoms with E-state index in [1.807, 2.05) is 6.92 Å². The Hall–Kier alpha value is -1.12. The van der Waals surface area contributed by atoms with Crippen molar-refractivity contribution in [3.05, 3.63) is 11.3 Å². The molecule has 1 aromatic rings. The highest BCUT2D eigenvalue weighted by Crippen LogP contribution is 2.24. The van der Waals surface area contributed by atoms with Crippen molar-refractivity contribution < 1.29 is 0 Å². The van der Waals surface area contributed by atoms with Crippen LogP contribution in [-0.2, 0) is 0 Å². The monoisotopic (exact) mass is 250 g/mol. The van der Waals surface area contributed by atoms with Gasteiger partial charge in [-0.25, -0.2) is 0 Å². The third-order valence-corrected chi connectivity index (χ3v) is 3.95. The molecule has 2 rings (SSSR count). The van der Waals surface area contributed by atoms with Crippen LogP contribution < -0.4 is 5.32 Å². The number of rotatable bonds is 4. The predicted octanol–water partition coefficient (Wildman–Crippen LogP) is 2.22. The molecule has 1 fully saturated rings. The molecule has 1 N–H and O–H groups in total. The maximum Gasteiger partial charge on any atom is 0.127 e. The molecule has 4 nitrogen and oxygen atoms in total. The van der Waals surface area contributed by atoms with Crippen molar-refractivity contribution in [2.24, 2.45) is 0 Å². The van der Waals surface area contributed by atoms with Crippen LogP contribution in [0.3, 0.4) is 0 Å². The summed E-state index contributed by atoms with van der Waals surface area (Å²) in [5.41, 5.74) is 1.52. The third-order valence-electron chi connectivity index (χ3n) is 3.08. The zero-order chi connectivity index (χ0) is 12.3. The fraction of sp³-hybridized carbons (Fsp3) is 0.667. The van der Waals surface area contributed by atoms with E-state index in [1.54, 1.807) is 0 Å². The zero-order valence-corrected chi connectivity index (χ0v) is 11.2. The molecule has 92 valence electrons. The maximum atomic E-state index is 9.05. The van der Waals surface area contributed by atoms with Crippen LogP contribution in [0.4, 0.5) is 5.00 Å². The van der Waals surface area contributed by atoms with Crippen LogP contribution >= 0.6 is 11.5 Å². The van der Waals surface area contributed by atoms with Crippen LogP contribution in [0.2, 0.25) is 0 Å². The highest BCUT2D eigenvalue weighted by Gasteiger charge is 2.17. The molecule has 2 heterocycles. The van der Waals surface area contributed by atoms with Crippen LogP contribution in [0, 0.1) is 18.3 Å². The summed E-state index contributed by atoms with van der Waals surface area (Å²) in [6.45, 7) is 7.50. The Bertz CT molecular complexity index is 415. The van der Waals surface area contributed by atoms with E-state index in [9.17, 15) is 0 Å². The van der Waals surface area contributed by atoms with Gasteiger partial charge in [0, 0.05) is 12.6 Å². The number of aryl methyl sites for hydroxylation is 1. The van der Waals surface area contributed by atoms with E-state index in [2.05, 4.69) is 27.6 Å². The molecule has 0 amide bonds. The number of hydrogen-bond acceptors (Lipinski definition) is 5. The largest absolute Gasteiger partial charge is 0.371 e. The van der Waals surface area contributed by atoms with Gasteiger partial charge in [-0.05, 0) is 51.3 Å². The van der Waals surface area contributed by atoms with E-state index in [1.165, 1.54) is 37.5 Å². The van der Waals surface area contributed by atoms with Gasteiger partial charge in [-0.2, -0.15) is 9.64 Å². The normalized spacial score (nSPS) is 17.9. The molecule has 5 heteroatoms. The van der Waals surface area contributed by atoms with Gasteiger partial charge in [0.25, 0.3) is 0 Å². The standard InChI is InChI=1S/C12H18N4S/c1-9(8-16-5-3-4-6-16)14-12-11(7-13)10(2)15-17-12/h9,14H,3-6,8H2,1-2H3. The zero-order valence-electron chi connectivity index (χ0n) is 10.4. The molecule has 0 bridgehead atoms. The van der Waals surface area contributed by atoms with Crippen LogP contribution in [0.5, 0.6) is 0 Å². The van der Waals surface area contributed by atoms with Crippen molar-refractivity contribution >= 4 is 16.5 Å². The second kappa shape index (κ2) is 5.48. The quantitative estimate of drug-likeness (QED) is 0.890. The van der Waals surface area contributed by atoms with Gasteiger partial charge < -0.3 is 10.2 Å².